The van der Waals surface area contributed by atoms with Crippen LogP contribution in [-0.4, -0.2) is 29.4 Å². The second kappa shape index (κ2) is 8.81. The normalized spacial score (nSPS) is 12.1. The molecule has 4 rings (SSSR count). The summed E-state index contributed by atoms with van der Waals surface area (Å²) in [4.78, 5) is 14.1. The van der Waals surface area contributed by atoms with Gasteiger partial charge < -0.3 is 26.0 Å². The van der Waals surface area contributed by atoms with Gasteiger partial charge in [0.25, 0.3) is 5.88 Å². The first-order valence-corrected chi connectivity index (χ1v) is 9.18. The van der Waals surface area contributed by atoms with Crippen LogP contribution in [0.15, 0.2) is 54.6 Å². The van der Waals surface area contributed by atoms with E-state index in [-0.39, 0.29) is 6.03 Å². The Bertz CT molecular complexity index is 908. The topological polar surface area (TPSA) is 108 Å². The number of nitrogens with one attached hydrogen (secondary N) is 3. The predicted molar refractivity (Wildman–Crippen MR) is 112 cm³/mol. The molecule has 146 valence electrons. The van der Waals surface area contributed by atoms with E-state index >= 15 is 0 Å². The van der Waals surface area contributed by atoms with Crippen LogP contribution < -0.4 is 26.0 Å². The number of hydrogen-bond donors (Lipinski definition) is 4. The highest BCUT2D eigenvalue weighted by molar-refractivity contribution is 5.99. The molecule has 0 atom stereocenters. The summed E-state index contributed by atoms with van der Waals surface area (Å²) in [5.41, 5.74) is 9.05. The first-order chi connectivity index (χ1) is 13.7. The second-order valence-electron chi connectivity index (χ2n) is 5.78. The van der Waals surface area contributed by atoms with Crippen molar-refractivity contribution in [3.05, 3.63) is 54.6 Å². The molecule has 8 heteroatoms. The van der Waals surface area contributed by atoms with Crippen molar-refractivity contribution in [2.75, 3.05) is 34.4 Å². The maximum atomic E-state index is 12.1. The molecule has 2 aromatic carbocycles. The van der Waals surface area contributed by atoms with E-state index < -0.39 is 0 Å². The Hall–Kier alpha value is -3.68. The van der Waals surface area contributed by atoms with E-state index in [9.17, 15) is 4.79 Å². The summed E-state index contributed by atoms with van der Waals surface area (Å²) in [6.45, 7) is 5.19. The summed E-state index contributed by atoms with van der Waals surface area (Å²) >= 11 is 0. The van der Waals surface area contributed by atoms with E-state index in [1.807, 2.05) is 73.3 Å². The Balaban J connectivity index is 0.00000109. The molecule has 8 nitrogen and oxygen atoms in total. The number of amides is 2. The lowest BCUT2D eigenvalue weighted by Crippen LogP contribution is -2.28. The number of carbonyl (C=O) groups excluding carboxylic acids is 1. The molecule has 0 bridgehead atoms. The molecule has 2 amide bonds. The molecule has 2 heterocycles. The maximum absolute atomic E-state index is 12.1. The van der Waals surface area contributed by atoms with Crippen molar-refractivity contribution < 1.29 is 9.53 Å². The van der Waals surface area contributed by atoms with Crippen molar-refractivity contribution in [1.82, 2.24) is 10.2 Å². The molecule has 0 saturated carbocycles. The van der Waals surface area contributed by atoms with Gasteiger partial charge in [-0.2, -0.15) is 0 Å². The second-order valence-corrected chi connectivity index (χ2v) is 5.78. The molecule has 0 radical (unpaired) electrons. The quantitative estimate of drug-likeness (QED) is 0.545. The Kier molecular flexibility index (Phi) is 6.01. The fourth-order valence-electron chi connectivity index (χ4n) is 2.84. The number of benzene rings is 2. The highest BCUT2D eigenvalue weighted by atomic mass is 16.5. The lowest BCUT2D eigenvalue weighted by atomic mass is 10.2. The van der Waals surface area contributed by atoms with Crippen LogP contribution in [0.2, 0.25) is 0 Å². The standard InChI is InChI=1S/C18H18N6O2.C2H6/c19-16-15-17(23-22-16)26-11-10-24(15)14-8-6-13(7-9-14)21-18(25)20-12-4-2-1-3-5-12;1-2/h1-9H,10-11H2,(H3,19,22,23)(H2,20,21,25);1-2H3. The SMILES string of the molecule is CC.Nc1[nH]nc2c1N(c1ccc(NC(=O)Nc3ccccc3)cc1)CCO2. The van der Waals surface area contributed by atoms with Crippen LogP contribution in [0.1, 0.15) is 13.8 Å². The number of ether oxygens (including phenoxy) is 1. The molecule has 0 aliphatic carbocycles. The smallest absolute Gasteiger partial charge is 0.323 e. The number of para-hydroxylation sites is 1. The number of fused-ring (bicyclic) bond motifs is 1. The van der Waals surface area contributed by atoms with Crippen LogP contribution in [0.5, 0.6) is 5.88 Å². The molecule has 0 saturated heterocycles. The van der Waals surface area contributed by atoms with Gasteiger partial charge in [-0.1, -0.05) is 32.0 Å². The first-order valence-electron chi connectivity index (χ1n) is 9.18. The molecule has 0 spiro atoms. The largest absolute Gasteiger partial charge is 0.473 e. The van der Waals surface area contributed by atoms with Crippen molar-refractivity contribution in [2.24, 2.45) is 0 Å². The summed E-state index contributed by atoms with van der Waals surface area (Å²) in [5.74, 6) is 0.960. The van der Waals surface area contributed by atoms with E-state index in [2.05, 4.69) is 20.8 Å². The third-order valence-corrected chi connectivity index (χ3v) is 4.03. The number of nitrogen functional groups attached to an aromatic ring is 1. The van der Waals surface area contributed by atoms with Gasteiger partial charge in [0.05, 0.1) is 6.54 Å². The van der Waals surface area contributed by atoms with Crippen molar-refractivity contribution in [3.8, 4) is 5.88 Å². The van der Waals surface area contributed by atoms with E-state index in [0.29, 0.717) is 30.5 Å². The van der Waals surface area contributed by atoms with Crippen molar-refractivity contribution >= 4 is 34.6 Å². The van der Waals surface area contributed by atoms with Crippen LogP contribution in [-0.2, 0) is 0 Å². The fourth-order valence-corrected chi connectivity index (χ4v) is 2.84. The van der Waals surface area contributed by atoms with Crippen LogP contribution in [0, 0.1) is 0 Å². The number of rotatable bonds is 3. The average molecular weight is 380 g/mol. The van der Waals surface area contributed by atoms with Gasteiger partial charge >= 0.3 is 6.03 Å². The minimum Gasteiger partial charge on any atom is -0.473 e. The molecule has 28 heavy (non-hydrogen) atoms. The minimum absolute atomic E-state index is 0.295. The number of carbonyl (C=O) groups is 1. The molecule has 1 aromatic heterocycles. The lowest BCUT2D eigenvalue weighted by molar-refractivity contribution is 0.262. The van der Waals surface area contributed by atoms with E-state index in [1.54, 1.807) is 0 Å². The van der Waals surface area contributed by atoms with E-state index in [1.165, 1.54) is 0 Å². The highest BCUT2D eigenvalue weighted by Gasteiger charge is 2.25. The zero-order valence-electron chi connectivity index (χ0n) is 15.9. The van der Waals surface area contributed by atoms with Crippen LogP contribution >= 0.6 is 0 Å². The zero-order valence-corrected chi connectivity index (χ0v) is 15.9. The molecule has 1 aliphatic heterocycles. The summed E-state index contributed by atoms with van der Waals surface area (Å²) in [6.07, 6.45) is 0. The fraction of sp³-hybridized carbons (Fsp3) is 0.200. The number of nitrogens with two attached hydrogens (primary N) is 1. The average Bonchev–Trinajstić information content (AvgIpc) is 3.12. The third-order valence-electron chi connectivity index (χ3n) is 4.03. The third kappa shape index (κ3) is 4.17. The number of aromatic nitrogens is 2. The van der Waals surface area contributed by atoms with Crippen molar-refractivity contribution in [2.45, 2.75) is 13.8 Å². The Morgan fingerprint density at radius 3 is 2.39 bits per heavy atom. The van der Waals surface area contributed by atoms with Gasteiger partial charge in [-0.25, -0.2) is 4.79 Å². The maximum Gasteiger partial charge on any atom is 0.323 e. The first kappa shape index (κ1) is 19.1. The molecular weight excluding hydrogens is 356 g/mol. The summed E-state index contributed by atoms with van der Waals surface area (Å²) in [5, 5.41) is 12.4. The summed E-state index contributed by atoms with van der Waals surface area (Å²) in [6, 6.07) is 16.5. The molecule has 1 aliphatic rings. The van der Waals surface area contributed by atoms with E-state index in [0.717, 1.165) is 17.1 Å². The molecular formula is C20H24N6O2. The van der Waals surface area contributed by atoms with Gasteiger partial charge in [-0.05, 0) is 36.4 Å². The lowest BCUT2D eigenvalue weighted by Gasteiger charge is -2.28. The Morgan fingerprint density at radius 1 is 1.07 bits per heavy atom. The molecule has 0 unspecified atom stereocenters. The van der Waals surface area contributed by atoms with Crippen LogP contribution in [0.4, 0.5) is 33.4 Å². The Morgan fingerprint density at radius 2 is 1.71 bits per heavy atom. The van der Waals surface area contributed by atoms with Crippen molar-refractivity contribution in [1.29, 1.82) is 0 Å². The molecule has 5 N–H and O–H groups in total. The number of anilines is 5. The number of nitrogens with zero attached hydrogens (tertiary/aromatic N) is 2. The van der Waals surface area contributed by atoms with Gasteiger partial charge in [-0.3, -0.25) is 5.10 Å². The van der Waals surface area contributed by atoms with Crippen LogP contribution in [0.3, 0.4) is 0 Å². The summed E-state index contributed by atoms with van der Waals surface area (Å²) in [7, 11) is 0. The summed E-state index contributed by atoms with van der Waals surface area (Å²) < 4.78 is 5.50. The zero-order chi connectivity index (χ0) is 19.9. The molecule has 3 aromatic rings. The van der Waals surface area contributed by atoms with Gasteiger partial charge in [0.1, 0.15) is 18.1 Å². The van der Waals surface area contributed by atoms with Gasteiger partial charge in [-0.15, -0.1) is 5.10 Å². The number of hydrogen-bond acceptors (Lipinski definition) is 5. The molecule has 0 fully saturated rings. The number of urea groups is 1. The number of aromatic amines is 1. The highest BCUT2D eigenvalue weighted by Crippen LogP contribution is 2.39. The van der Waals surface area contributed by atoms with E-state index in [4.69, 9.17) is 10.5 Å². The predicted octanol–water partition coefficient (Wildman–Crippen LogP) is 4.19. The minimum atomic E-state index is -0.295. The Labute approximate surface area is 163 Å². The van der Waals surface area contributed by atoms with Gasteiger partial charge in [0, 0.05) is 17.1 Å². The monoisotopic (exact) mass is 380 g/mol. The van der Waals surface area contributed by atoms with Crippen LogP contribution in [0.25, 0.3) is 0 Å². The number of H-pyrrole nitrogens is 1. The van der Waals surface area contributed by atoms with Gasteiger partial charge in [0.15, 0.2) is 0 Å². The van der Waals surface area contributed by atoms with Gasteiger partial charge in [0.2, 0.25) is 0 Å². The van der Waals surface area contributed by atoms with Crippen molar-refractivity contribution in [3.63, 3.8) is 0 Å².